The number of rotatable bonds is 6. The van der Waals surface area contributed by atoms with Crippen molar-refractivity contribution in [3.63, 3.8) is 0 Å². The molecule has 0 atom stereocenters. The van der Waals surface area contributed by atoms with E-state index in [1.807, 2.05) is 30.3 Å². The summed E-state index contributed by atoms with van der Waals surface area (Å²) in [7, 11) is 0. The van der Waals surface area contributed by atoms with E-state index in [1.54, 1.807) is 18.6 Å². The van der Waals surface area contributed by atoms with Crippen molar-refractivity contribution >= 4 is 28.3 Å². The Hall–Kier alpha value is -3.13. The number of nitrogens with one attached hydrogen (secondary N) is 1. The molecule has 3 heterocycles. The number of nitrogens with zero attached hydrogens (tertiary/aromatic N) is 4. The predicted molar refractivity (Wildman–Crippen MR) is 129 cm³/mol. The Balaban J connectivity index is 1.48. The van der Waals surface area contributed by atoms with Crippen molar-refractivity contribution in [2.75, 3.05) is 44.7 Å². The van der Waals surface area contributed by atoms with Crippen molar-refractivity contribution in [1.29, 1.82) is 0 Å². The number of benzene rings is 2. The number of morpholine rings is 1. The van der Waals surface area contributed by atoms with Crippen LogP contribution in [0.3, 0.4) is 0 Å². The summed E-state index contributed by atoms with van der Waals surface area (Å²) < 4.78 is 20.0. The van der Waals surface area contributed by atoms with E-state index < -0.39 is 0 Å². The van der Waals surface area contributed by atoms with Crippen LogP contribution in [0.15, 0.2) is 61.1 Å². The highest BCUT2D eigenvalue weighted by Gasteiger charge is 2.15. The van der Waals surface area contributed by atoms with Gasteiger partial charge in [-0.2, -0.15) is 0 Å². The Morgan fingerprint density at radius 2 is 1.88 bits per heavy atom. The number of hydrogen-bond acceptors (Lipinski definition) is 6. The van der Waals surface area contributed by atoms with Crippen LogP contribution in [0.5, 0.6) is 0 Å². The summed E-state index contributed by atoms with van der Waals surface area (Å²) in [6.45, 7) is 5.12. The number of fused-ring (bicyclic) bond motifs is 1. The van der Waals surface area contributed by atoms with E-state index in [0.29, 0.717) is 16.3 Å². The monoisotopic (exact) mass is 463 g/mol. The molecule has 0 radical (unpaired) electrons. The summed E-state index contributed by atoms with van der Waals surface area (Å²) in [5.41, 5.74) is 3.45. The van der Waals surface area contributed by atoms with Crippen molar-refractivity contribution in [1.82, 2.24) is 19.9 Å². The molecule has 4 aromatic rings. The van der Waals surface area contributed by atoms with Crippen LogP contribution in [-0.2, 0) is 4.74 Å². The predicted octanol–water partition coefficient (Wildman–Crippen LogP) is 4.90. The molecule has 1 fully saturated rings. The summed E-state index contributed by atoms with van der Waals surface area (Å²) >= 11 is 6.14. The van der Waals surface area contributed by atoms with Crippen LogP contribution in [0.2, 0.25) is 5.02 Å². The molecule has 6 nitrogen and oxygen atoms in total. The van der Waals surface area contributed by atoms with Crippen molar-refractivity contribution < 1.29 is 9.13 Å². The molecule has 1 aliphatic heterocycles. The molecule has 2 aromatic heterocycles. The van der Waals surface area contributed by atoms with Gasteiger partial charge in [0.15, 0.2) is 0 Å². The normalized spacial score (nSPS) is 14.5. The van der Waals surface area contributed by atoms with E-state index in [2.05, 4.69) is 25.2 Å². The average molecular weight is 464 g/mol. The first kappa shape index (κ1) is 21.7. The number of anilines is 1. The summed E-state index contributed by atoms with van der Waals surface area (Å²) in [5, 5.41) is 4.81. The van der Waals surface area contributed by atoms with E-state index in [1.165, 1.54) is 12.1 Å². The Labute approximate surface area is 196 Å². The molecule has 168 valence electrons. The average Bonchev–Trinajstić information content (AvgIpc) is 2.86. The van der Waals surface area contributed by atoms with Gasteiger partial charge in [-0.15, -0.1) is 0 Å². The van der Waals surface area contributed by atoms with Gasteiger partial charge in [0.05, 0.1) is 24.4 Å². The molecule has 0 spiro atoms. The molecule has 1 aliphatic rings. The molecule has 0 amide bonds. The minimum Gasteiger partial charge on any atom is -0.379 e. The van der Waals surface area contributed by atoms with Gasteiger partial charge in [-0.3, -0.25) is 9.88 Å². The molecule has 0 aliphatic carbocycles. The van der Waals surface area contributed by atoms with Gasteiger partial charge in [0.2, 0.25) is 0 Å². The molecule has 0 saturated carbocycles. The third kappa shape index (κ3) is 4.80. The van der Waals surface area contributed by atoms with Crippen LogP contribution >= 0.6 is 11.6 Å². The highest BCUT2D eigenvalue weighted by molar-refractivity contribution is 6.30. The number of aromatic nitrogens is 3. The summed E-state index contributed by atoms with van der Waals surface area (Å²) in [4.78, 5) is 15.7. The molecular weight excluding hydrogens is 441 g/mol. The van der Waals surface area contributed by atoms with E-state index in [9.17, 15) is 4.39 Å². The fourth-order valence-electron chi connectivity index (χ4n) is 4.05. The van der Waals surface area contributed by atoms with Gasteiger partial charge in [0, 0.05) is 53.9 Å². The van der Waals surface area contributed by atoms with Gasteiger partial charge in [0.25, 0.3) is 0 Å². The van der Waals surface area contributed by atoms with Gasteiger partial charge in [-0.05, 0) is 42.0 Å². The fraction of sp³-hybridized carbons (Fsp3) is 0.240. The standard InChI is InChI=1S/C25H23ClFN5O/c26-18-4-5-22(27)20(15-18)24-19(2-1-7-28-24)17-3-6-23-21(14-17)25(31-16-30-23)29-8-9-32-10-12-33-13-11-32/h1-7,14-16H,8-13H2,(H,29,30,31). The minimum absolute atomic E-state index is 0.367. The lowest BCUT2D eigenvalue weighted by atomic mass is 9.98. The number of ether oxygens (including phenoxy) is 1. The van der Waals surface area contributed by atoms with Crippen LogP contribution < -0.4 is 5.32 Å². The lowest BCUT2D eigenvalue weighted by Crippen LogP contribution is -2.39. The topological polar surface area (TPSA) is 63.2 Å². The van der Waals surface area contributed by atoms with Crippen molar-refractivity contribution in [2.45, 2.75) is 0 Å². The maximum absolute atomic E-state index is 14.6. The second-order valence-electron chi connectivity index (χ2n) is 7.86. The van der Waals surface area contributed by atoms with Crippen molar-refractivity contribution in [3.8, 4) is 22.4 Å². The molecule has 1 N–H and O–H groups in total. The highest BCUT2D eigenvalue weighted by Crippen LogP contribution is 2.35. The zero-order valence-electron chi connectivity index (χ0n) is 18.0. The van der Waals surface area contributed by atoms with E-state index >= 15 is 0 Å². The van der Waals surface area contributed by atoms with E-state index in [4.69, 9.17) is 16.3 Å². The molecule has 33 heavy (non-hydrogen) atoms. The van der Waals surface area contributed by atoms with Crippen LogP contribution in [0.1, 0.15) is 0 Å². The largest absolute Gasteiger partial charge is 0.379 e. The van der Waals surface area contributed by atoms with E-state index in [-0.39, 0.29) is 5.82 Å². The first-order valence-corrected chi connectivity index (χ1v) is 11.3. The zero-order chi connectivity index (χ0) is 22.6. The summed E-state index contributed by atoms with van der Waals surface area (Å²) in [6.07, 6.45) is 3.22. The number of pyridine rings is 1. The Morgan fingerprint density at radius 3 is 2.76 bits per heavy atom. The third-order valence-corrected chi connectivity index (χ3v) is 6.00. The first-order chi connectivity index (χ1) is 16.2. The lowest BCUT2D eigenvalue weighted by molar-refractivity contribution is 0.0398. The van der Waals surface area contributed by atoms with Gasteiger partial charge in [-0.25, -0.2) is 14.4 Å². The Kier molecular flexibility index (Phi) is 6.44. The lowest BCUT2D eigenvalue weighted by Gasteiger charge is -2.26. The highest BCUT2D eigenvalue weighted by atomic mass is 35.5. The van der Waals surface area contributed by atoms with Gasteiger partial charge >= 0.3 is 0 Å². The van der Waals surface area contributed by atoms with Crippen LogP contribution in [0.25, 0.3) is 33.3 Å². The van der Waals surface area contributed by atoms with Gasteiger partial charge in [-0.1, -0.05) is 23.7 Å². The van der Waals surface area contributed by atoms with E-state index in [0.717, 1.165) is 67.2 Å². The summed E-state index contributed by atoms with van der Waals surface area (Å²) in [6, 6.07) is 14.2. The molecule has 1 saturated heterocycles. The zero-order valence-corrected chi connectivity index (χ0v) is 18.7. The third-order valence-electron chi connectivity index (χ3n) is 5.76. The maximum atomic E-state index is 14.6. The molecule has 0 bridgehead atoms. The SMILES string of the molecule is Fc1ccc(Cl)cc1-c1ncccc1-c1ccc2ncnc(NCCN3CCOCC3)c2c1. The molecule has 0 unspecified atom stereocenters. The smallest absolute Gasteiger partial charge is 0.137 e. The number of hydrogen-bond donors (Lipinski definition) is 1. The second-order valence-corrected chi connectivity index (χ2v) is 8.30. The van der Waals surface area contributed by atoms with Gasteiger partial charge in [0.1, 0.15) is 18.0 Å². The minimum atomic E-state index is -0.367. The molecular formula is C25H23ClFN5O. The van der Waals surface area contributed by atoms with Crippen LogP contribution in [-0.4, -0.2) is 59.2 Å². The molecule has 2 aromatic carbocycles. The Bertz CT molecular complexity index is 1280. The Morgan fingerprint density at radius 1 is 1.00 bits per heavy atom. The second kappa shape index (κ2) is 9.79. The fourth-order valence-corrected chi connectivity index (χ4v) is 4.23. The molecule has 5 rings (SSSR count). The van der Waals surface area contributed by atoms with Crippen LogP contribution in [0, 0.1) is 5.82 Å². The van der Waals surface area contributed by atoms with Crippen LogP contribution in [0.4, 0.5) is 10.2 Å². The number of halogens is 2. The summed E-state index contributed by atoms with van der Waals surface area (Å²) in [5.74, 6) is 0.406. The van der Waals surface area contributed by atoms with Gasteiger partial charge < -0.3 is 10.1 Å². The van der Waals surface area contributed by atoms with Crippen molar-refractivity contribution in [3.05, 3.63) is 71.9 Å². The molecule has 8 heteroatoms. The maximum Gasteiger partial charge on any atom is 0.137 e. The first-order valence-electron chi connectivity index (χ1n) is 10.9. The quantitative estimate of drug-likeness (QED) is 0.439. The van der Waals surface area contributed by atoms with Crippen molar-refractivity contribution in [2.24, 2.45) is 0 Å².